The van der Waals surface area contributed by atoms with Crippen LogP contribution in [0.25, 0.3) is 0 Å². The maximum Gasteiger partial charge on any atom is 0.264 e. The minimum absolute atomic E-state index is 0.0174. The maximum absolute atomic E-state index is 14.5. The van der Waals surface area contributed by atoms with Crippen LogP contribution in [0.1, 0.15) is 42.0 Å². The molecule has 0 aromatic heterocycles. The predicted molar refractivity (Wildman–Crippen MR) is 181 cm³/mol. The number of carbonyl (C=O) groups is 2. The number of nitrogens with zero attached hydrogens (tertiary/aromatic N) is 2. The van der Waals surface area contributed by atoms with Crippen molar-refractivity contribution < 1.29 is 18.0 Å². The van der Waals surface area contributed by atoms with Crippen LogP contribution in [0.15, 0.2) is 108 Å². The Morgan fingerprint density at radius 1 is 0.822 bits per heavy atom. The molecule has 0 saturated carbocycles. The Kier molecular flexibility index (Phi) is 11.8. The summed E-state index contributed by atoms with van der Waals surface area (Å²) in [5.74, 6) is -0.839. The molecule has 0 aliphatic rings. The van der Waals surface area contributed by atoms with Crippen LogP contribution in [0.2, 0.25) is 5.02 Å². The average molecular weight is 646 g/mol. The largest absolute Gasteiger partial charge is 0.354 e. The van der Waals surface area contributed by atoms with Gasteiger partial charge in [0.1, 0.15) is 12.6 Å². The van der Waals surface area contributed by atoms with Gasteiger partial charge in [-0.05, 0) is 61.7 Å². The fourth-order valence-electron chi connectivity index (χ4n) is 4.95. The first kappa shape index (κ1) is 33.7. The lowest BCUT2D eigenvalue weighted by Crippen LogP contribution is -2.53. The van der Waals surface area contributed by atoms with Crippen LogP contribution in [-0.4, -0.2) is 44.3 Å². The molecule has 236 valence electrons. The van der Waals surface area contributed by atoms with Crippen LogP contribution >= 0.6 is 11.6 Å². The van der Waals surface area contributed by atoms with E-state index in [1.54, 1.807) is 54.6 Å². The molecule has 4 rings (SSSR count). The number of unbranched alkanes of at least 4 members (excludes halogenated alkanes) is 1. The molecule has 0 saturated heterocycles. The minimum atomic E-state index is -4.16. The van der Waals surface area contributed by atoms with Crippen molar-refractivity contribution in [3.05, 3.63) is 130 Å². The van der Waals surface area contributed by atoms with Gasteiger partial charge in [0.05, 0.1) is 10.6 Å². The Labute approximate surface area is 271 Å². The zero-order valence-corrected chi connectivity index (χ0v) is 27.5. The zero-order chi connectivity index (χ0) is 32.4. The van der Waals surface area contributed by atoms with Gasteiger partial charge >= 0.3 is 0 Å². The van der Waals surface area contributed by atoms with Gasteiger partial charge < -0.3 is 10.2 Å². The van der Waals surface area contributed by atoms with E-state index in [9.17, 15) is 18.0 Å². The molecular weight excluding hydrogens is 606 g/mol. The van der Waals surface area contributed by atoms with Crippen LogP contribution in [0.4, 0.5) is 5.69 Å². The van der Waals surface area contributed by atoms with E-state index in [0.29, 0.717) is 22.8 Å². The molecule has 0 unspecified atom stereocenters. The topological polar surface area (TPSA) is 86.8 Å². The van der Waals surface area contributed by atoms with Gasteiger partial charge in [0.2, 0.25) is 11.8 Å². The monoisotopic (exact) mass is 645 g/mol. The summed E-state index contributed by atoms with van der Waals surface area (Å²) in [5.41, 5.74) is 3.72. The fourth-order valence-corrected chi connectivity index (χ4v) is 6.56. The third kappa shape index (κ3) is 8.96. The highest BCUT2D eigenvalue weighted by Gasteiger charge is 2.34. The number of nitrogens with one attached hydrogen (secondary N) is 1. The molecule has 45 heavy (non-hydrogen) atoms. The van der Waals surface area contributed by atoms with E-state index >= 15 is 0 Å². The lowest BCUT2D eigenvalue weighted by atomic mass is 10.0. The van der Waals surface area contributed by atoms with Crippen molar-refractivity contribution in [3.8, 4) is 0 Å². The number of halogens is 1. The summed E-state index contributed by atoms with van der Waals surface area (Å²) >= 11 is 6.56. The van der Waals surface area contributed by atoms with Gasteiger partial charge in [-0.15, -0.1) is 0 Å². The summed E-state index contributed by atoms with van der Waals surface area (Å²) in [6.07, 6.45) is 1.93. The highest BCUT2D eigenvalue weighted by atomic mass is 35.5. The minimum Gasteiger partial charge on any atom is -0.354 e. The molecule has 1 N–H and O–H groups in total. The van der Waals surface area contributed by atoms with Crippen molar-refractivity contribution in [2.24, 2.45) is 0 Å². The van der Waals surface area contributed by atoms with E-state index < -0.39 is 28.5 Å². The summed E-state index contributed by atoms with van der Waals surface area (Å²) in [7, 11) is -4.16. The number of hydrogen-bond donors (Lipinski definition) is 1. The smallest absolute Gasteiger partial charge is 0.264 e. The van der Waals surface area contributed by atoms with Crippen molar-refractivity contribution in [2.75, 3.05) is 17.4 Å². The van der Waals surface area contributed by atoms with Crippen molar-refractivity contribution in [1.82, 2.24) is 10.2 Å². The summed E-state index contributed by atoms with van der Waals surface area (Å²) in [6, 6.07) is 29.2. The first-order valence-electron chi connectivity index (χ1n) is 15.1. The third-order valence-electron chi connectivity index (χ3n) is 7.61. The van der Waals surface area contributed by atoms with E-state index in [1.807, 2.05) is 57.2 Å². The molecule has 1 atom stereocenters. The molecular formula is C36H40ClN3O4S. The molecule has 0 spiro atoms. The van der Waals surface area contributed by atoms with Gasteiger partial charge in [0.25, 0.3) is 10.0 Å². The Bertz CT molecular complexity index is 1680. The standard InChI is InChI=1S/C36H40ClN3O4S/c1-4-5-23-38-36(42)34(24-29-11-7-6-8-12-29)39(25-30-13-9-10-14-33(30)37)35(41)26-40(31-19-15-27(2)16-20-31)45(43,44)32-21-17-28(3)18-22-32/h6-22,34H,4-5,23-26H2,1-3H3,(H,38,42)/t34-/m0/s1. The molecule has 4 aromatic rings. The van der Waals surface area contributed by atoms with Gasteiger partial charge in [0, 0.05) is 24.5 Å². The third-order valence-corrected chi connectivity index (χ3v) is 9.77. The predicted octanol–water partition coefficient (Wildman–Crippen LogP) is 6.71. The molecule has 9 heteroatoms. The number of benzene rings is 4. The second kappa shape index (κ2) is 15.7. The first-order chi connectivity index (χ1) is 21.6. The molecule has 0 aliphatic carbocycles. The maximum atomic E-state index is 14.5. The van der Waals surface area contributed by atoms with Crippen molar-refractivity contribution in [1.29, 1.82) is 0 Å². The van der Waals surface area contributed by atoms with Crippen LogP contribution in [-0.2, 0) is 32.6 Å². The van der Waals surface area contributed by atoms with Crippen LogP contribution < -0.4 is 9.62 Å². The number of aryl methyl sites for hydroxylation is 2. The fraction of sp³-hybridized carbons (Fsp3) is 0.278. The summed E-state index contributed by atoms with van der Waals surface area (Å²) in [5, 5.41) is 3.44. The summed E-state index contributed by atoms with van der Waals surface area (Å²) < 4.78 is 29.4. The van der Waals surface area contributed by atoms with Gasteiger partial charge in [-0.3, -0.25) is 13.9 Å². The molecule has 0 aliphatic heterocycles. The van der Waals surface area contributed by atoms with Crippen LogP contribution in [0.3, 0.4) is 0 Å². The molecule has 0 fully saturated rings. The van der Waals surface area contributed by atoms with Crippen LogP contribution in [0, 0.1) is 13.8 Å². The van der Waals surface area contributed by atoms with Gasteiger partial charge in [-0.25, -0.2) is 8.42 Å². The summed E-state index contributed by atoms with van der Waals surface area (Å²) in [6.45, 7) is 5.79. The quantitative estimate of drug-likeness (QED) is 0.155. The highest BCUT2D eigenvalue weighted by Crippen LogP contribution is 2.26. The van der Waals surface area contributed by atoms with E-state index in [0.717, 1.165) is 33.8 Å². The Hall–Kier alpha value is -4.14. The molecule has 0 bridgehead atoms. The molecule has 2 amide bonds. The number of rotatable bonds is 14. The van der Waals surface area contributed by atoms with E-state index in [4.69, 9.17) is 11.6 Å². The second-order valence-corrected chi connectivity index (χ2v) is 13.4. The van der Waals surface area contributed by atoms with E-state index in [2.05, 4.69) is 5.32 Å². The van der Waals surface area contributed by atoms with Crippen molar-refractivity contribution >= 4 is 39.1 Å². The normalized spacial score (nSPS) is 11.9. The molecule has 0 heterocycles. The molecule has 7 nitrogen and oxygen atoms in total. The number of amides is 2. The number of anilines is 1. The van der Waals surface area contributed by atoms with Crippen molar-refractivity contribution in [3.63, 3.8) is 0 Å². The van der Waals surface area contributed by atoms with Crippen molar-refractivity contribution in [2.45, 2.75) is 57.5 Å². The van der Waals surface area contributed by atoms with E-state index in [-0.39, 0.29) is 23.8 Å². The first-order valence-corrected chi connectivity index (χ1v) is 16.9. The van der Waals surface area contributed by atoms with Gasteiger partial charge in [0.15, 0.2) is 0 Å². The Balaban J connectivity index is 1.79. The molecule has 0 radical (unpaired) electrons. The SMILES string of the molecule is CCCCNC(=O)[C@H](Cc1ccccc1)N(Cc1ccccc1Cl)C(=O)CN(c1ccc(C)cc1)S(=O)(=O)c1ccc(C)cc1. The van der Waals surface area contributed by atoms with Gasteiger partial charge in [-0.1, -0.05) is 109 Å². The molecule has 4 aromatic carbocycles. The Morgan fingerprint density at radius 3 is 2.04 bits per heavy atom. The summed E-state index contributed by atoms with van der Waals surface area (Å²) in [4.78, 5) is 29.8. The zero-order valence-electron chi connectivity index (χ0n) is 25.9. The number of hydrogen-bond acceptors (Lipinski definition) is 4. The highest BCUT2D eigenvalue weighted by molar-refractivity contribution is 7.92. The van der Waals surface area contributed by atoms with E-state index in [1.165, 1.54) is 17.0 Å². The van der Waals surface area contributed by atoms with Crippen LogP contribution in [0.5, 0.6) is 0 Å². The lowest BCUT2D eigenvalue weighted by Gasteiger charge is -2.34. The lowest BCUT2D eigenvalue weighted by molar-refractivity contribution is -0.140. The van der Waals surface area contributed by atoms with Gasteiger partial charge in [-0.2, -0.15) is 0 Å². The number of carbonyl (C=O) groups excluding carboxylic acids is 2. The number of sulfonamides is 1. The Morgan fingerprint density at radius 2 is 1.42 bits per heavy atom. The average Bonchev–Trinajstić information content (AvgIpc) is 3.03. The second-order valence-electron chi connectivity index (χ2n) is 11.1.